The van der Waals surface area contributed by atoms with Crippen LogP contribution in [0.4, 0.5) is 5.13 Å². The summed E-state index contributed by atoms with van der Waals surface area (Å²) in [5.74, 6) is -0.0638. The number of rotatable bonds is 4. The van der Waals surface area contributed by atoms with Crippen molar-refractivity contribution in [3.8, 4) is 0 Å². The largest absolute Gasteiger partial charge is 0.375 e. The molecule has 2 aliphatic rings. The Morgan fingerprint density at radius 2 is 2.32 bits per heavy atom. The second-order valence-corrected chi connectivity index (χ2v) is 6.84. The van der Waals surface area contributed by atoms with Crippen molar-refractivity contribution in [2.45, 2.75) is 44.9 Å². The van der Waals surface area contributed by atoms with E-state index in [1.54, 1.807) is 0 Å². The van der Waals surface area contributed by atoms with Gasteiger partial charge in [0.2, 0.25) is 5.91 Å². The van der Waals surface area contributed by atoms with Crippen molar-refractivity contribution in [1.29, 1.82) is 0 Å². The van der Waals surface area contributed by atoms with Crippen molar-refractivity contribution in [3.05, 3.63) is 11.1 Å². The molecule has 0 spiro atoms. The Morgan fingerprint density at radius 1 is 1.50 bits per heavy atom. The van der Waals surface area contributed by atoms with Gasteiger partial charge in [0.15, 0.2) is 5.13 Å². The summed E-state index contributed by atoms with van der Waals surface area (Å²) in [6, 6.07) is -0.303. The molecule has 1 amide bonds. The fourth-order valence-corrected chi connectivity index (χ4v) is 3.70. The molecule has 2 atom stereocenters. The fraction of sp³-hybridized carbons (Fsp3) is 0.733. The van der Waals surface area contributed by atoms with Crippen LogP contribution < -0.4 is 10.6 Å². The number of anilines is 1. The lowest BCUT2D eigenvalue weighted by Crippen LogP contribution is -2.53. The van der Waals surface area contributed by atoms with Crippen LogP contribution in [0.15, 0.2) is 5.38 Å². The smallest absolute Gasteiger partial charge is 0.245 e. The zero-order valence-electron chi connectivity index (χ0n) is 13.0. The molecule has 1 aromatic heterocycles. The molecule has 7 heteroatoms. The highest BCUT2D eigenvalue weighted by Gasteiger charge is 2.28. The molecule has 122 valence electrons. The van der Waals surface area contributed by atoms with E-state index in [-0.39, 0.29) is 18.1 Å². The second kappa shape index (κ2) is 7.50. The summed E-state index contributed by atoms with van der Waals surface area (Å²) in [5.41, 5.74) is 1.04. The number of piperidine rings is 1. The summed E-state index contributed by atoms with van der Waals surface area (Å²) in [6.45, 7) is 6.47. The average molecular weight is 324 g/mol. The van der Waals surface area contributed by atoms with Crippen LogP contribution in [0.3, 0.4) is 0 Å². The van der Waals surface area contributed by atoms with Gasteiger partial charge in [-0.1, -0.05) is 6.42 Å². The van der Waals surface area contributed by atoms with Crippen LogP contribution >= 0.6 is 11.3 Å². The zero-order chi connectivity index (χ0) is 15.4. The fourth-order valence-electron chi connectivity index (χ4n) is 2.99. The van der Waals surface area contributed by atoms with E-state index in [0.29, 0.717) is 18.3 Å². The Labute approximate surface area is 135 Å². The Morgan fingerprint density at radius 3 is 3.09 bits per heavy atom. The number of carbonyl (C=O) groups excluding carboxylic acids is 1. The number of hydrogen-bond acceptors (Lipinski definition) is 6. The minimum absolute atomic E-state index is 0.0638. The van der Waals surface area contributed by atoms with Crippen LogP contribution in [0.2, 0.25) is 0 Å². The molecule has 3 heterocycles. The number of ether oxygens (including phenoxy) is 1. The Hall–Kier alpha value is -1.02. The molecule has 0 radical (unpaired) electrons. The maximum absolute atomic E-state index is 12.3. The Bertz CT molecular complexity index is 501. The first-order valence-corrected chi connectivity index (χ1v) is 8.93. The SMILES string of the molecule is C[C@H]1OCCN[C@@H]1C(=O)Nc1nc(CN2CCCCC2)cs1. The monoisotopic (exact) mass is 324 g/mol. The molecule has 2 N–H and O–H groups in total. The third kappa shape index (κ3) is 4.04. The summed E-state index contributed by atoms with van der Waals surface area (Å²) in [5, 5.41) is 8.82. The predicted octanol–water partition coefficient (Wildman–Crippen LogP) is 1.44. The molecule has 3 rings (SSSR count). The molecule has 2 fully saturated rings. The minimum Gasteiger partial charge on any atom is -0.375 e. The van der Waals surface area contributed by atoms with Gasteiger partial charge in [-0.05, 0) is 32.9 Å². The standard InChI is InChI=1S/C15H24N4O2S/c1-11-13(16-5-8-21-11)14(20)18-15-17-12(10-22-15)9-19-6-3-2-4-7-19/h10-11,13,16H,2-9H2,1H3,(H,17,18,20)/t11-,13+/m1/s1. The van der Waals surface area contributed by atoms with Gasteiger partial charge in [-0.15, -0.1) is 11.3 Å². The number of nitrogens with one attached hydrogen (secondary N) is 2. The van der Waals surface area contributed by atoms with Gasteiger partial charge >= 0.3 is 0 Å². The first-order valence-electron chi connectivity index (χ1n) is 8.05. The third-order valence-electron chi connectivity index (χ3n) is 4.22. The average Bonchev–Trinajstić information content (AvgIpc) is 2.95. The predicted molar refractivity (Wildman–Crippen MR) is 87.1 cm³/mol. The van der Waals surface area contributed by atoms with Gasteiger partial charge in [-0.25, -0.2) is 4.98 Å². The van der Waals surface area contributed by atoms with Crippen LogP contribution in [0.5, 0.6) is 0 Å². The molecular formula is C15H24N4O2S. The van der Waals surface area contributed by atoms with Crippen molar-refractivity contribution in [2.75, 3.05) is 31.6 Å². The van der Waals surface area contributed by atoms with Crippen LogP contribution in [-0.4, -0.2) is 54.2 Å². The van der Waals surface area contributed by atoms with Gasteiger partial charge in [-0.2, -0.15) is 0 Å². The maximum Gasteiger partial charge on any atom is 0.245 e. The number of nitrogens with zero attached hydrogens (tertiary/aromatic N) is 2. The van der Waals surface area contributed by atoms with E-state index in [9.17, 15) is 4.79 Å². The summed E-state index contributed by atoms with van der Waals surface area (Å²) in [7, 11) is 0. The molecular weight excluding hydrogens is 300 g/mol. The molecule has 0 bridgehead atoms. The maximum atomic E-state index is 12.3. The van der Waals surface area contributed by atoms with Gasteiger partial charge in [0.05, 0.1) is 18.4 Å². The van der Waals surface area contributed by atoms with Crippen LogP contribution in [-0.2, 0) is 16.1 Å². The first-order chi connectivity index (χ1) is 10.7. The lowest BCUT2D eigenvalue weighted by atomic mass is 10.1. The van der Waals surface area contributed by atoms with E-state index in [1.165, 1.54) is 30.6 Å². The van der Waals surface area contributed by atoms with Crippen molar-refractivity contribution in [3.63, 3.8) is 0 Å². The number of carbonyl (C=O) groups is 1. The van der Waals surface area contributed by atoms with Crippen molar-refractivity contribution in [2.24, 2.45) is 0 Å². The number of aromatic nitrogens is 1. The number of likely N-dealkylation sites (tertiary alicyclic amines) is 1. The van der Waals surface area contributed by atoms with Crippen LogP contribution in [0.1, 0.15) is 31.9 Å². The number of morpholine rings is 1. The van der Waals surface area contributed by atoms with Gasteiger partial charge < -0.3 is 15.4 Å². The normalized spacial score (nSPS) is 26.8. The molecule has 0 aromatic carbocycles. The number of amides is 1. The highest BCUT2D eigenvalue weighted by molar-refractivity contribution is 7.13. The van der Waals surface area contributed by atoms with Gasteiger partial charge in [-0.3, -0.25) is 9.69 Å². The molecule has 1 aromatic rings. The van der Waals surface area contributed by atoms with E-state index < -0.39 is 0 Å². The molecule has 0 aliphatic carbocycles. The van der Waals surface area contributed by atoms with Crippen LogP contribution in [0.25, 0.3) is 0 Å². The molecule has 0 saturated carbocycles. The third-order valence-corrected chi connectivity index (χ3v) is 5.02. The first kappa shape index (κ1) is 15.9. The van der Waals surface area contributed by atoms with Gasteiger partial charge in [0.1, 0.15) is 6.04 Å². The number of thiazole rings is 1. The quantitative estimate of drug-likeness (QED) is 0.877. The van der Waals surface area contributed by atoms with Crippen LogP contribution in [0, 0.1) is 0 Å². The summed E-state index contributed by atoms with van der Waals surface area (Å²) in [4.78, 5) is 19.3. The highest BCUT2D eigenvalue weighted by atomic mass is 32.1. The Balaban J connectivity index is 1.53. The van der Waals surface area contributed by atoms with Gasteiger partial charge in [0.25, 0.3) is 0 Å². The minimum atomic E-state index is -0.303. The lowest BCUT2D eigenvalue weighted by molar-refractivity contribution is -0.123. The van der Waals surface area contributed by atoms with E-state index in [1.807, 2.05) is 12.3 Å². The summed E-state index contributed by atoms with van der Waals surface area (Å²) >= 11 is 1.49. The molecule has 0 unspecified atom stereocenters. The van der Waals surface area contributed by atoms with Crippen molar-refractivity contribution >= 4 is 22.4 Å². The lowest BCUT2D eigenvalue weighted by Gasteiger charge is -2.28. The summed E-state index contributed by atoms with van der Waals surface area (Å²) in [6.07, 6.45) is 3.78. The van der Waals surface area contributed by atoms with E-state index in [2.05, 4.69) is 20.5 Å². The van der Waals surface area contributed by atoms with E-state index >= 15 is 0 Å². The van der Waals surface area contributed by atoms with Gasteiger partial charge in [0, 0.05) is 18.5 Å². The second-order valence-electron chi connectivity index (χ2n) is 5.98. The summed E-state index contributed by atoms with van der Waals surface area (Å²) < 4.78 is 5.51. The van der Waals surface area contributed by atoms with E-state index in [0.717, 1.165) is 25.3 Å². The topological polar surface area (TPSA) is 66.5 Å². The van der Waals surface area contributed by atoms with E-state index in [4.69, 9.17) is 4.74 Å². The molecule has 2 aliphatic heterocycles. The molecule has 22 heavy (non-hydrogen) atoms. The highest BCUT2D eigenvalue weighted by Crippen LogP contribution is 2.19. The molecule has 6 nitrogen and oxygen atoms in total. The van der Waals surface area contributed by atoms with Crippen molar-refractivity contribution in [1.82, 2.24) is 15.2 Å². The van der Waals surface area contributed by atoms with Crippen molar-refractivity contribution < 1.29 is 9.53 Å². The zero-order valence-corrected chi connectivity index (χ0v) is 13.8. The molecule has 2 saturated heterocycles. The number of hydrogen-bond donors (Lipinski definition) is 2. The Kier molecular flexibility index (Phi) is 5.41.